The molecule has 2 heterocycles. The Kier molecular flexibility index (Phi) is 5.02. The fraction of sp³-hybridized carbons (Fsp3) is 0.583. The van der Waals surface area contributed by atoms with Crippen LogP contribution in [0.4, 0.5) is 0 Å². The lowest BCUT2D eigenvalue weighted by molar-refractivity contribution is 0.0900. The highest BCUT2D eigenvalue weighted by atomic mass is 35.5. The molecule has 0 aliphatic carbocycles. The minimum atomic E-state index is -0.0979. The van der Waals surface area contributed by atoms with Gasteiger partial charge in [0, 0.05) is 18.2 Å². The summed E-state index contributed by atoms with van der Waals surface area (Å²) in [6, 6.07) is 2.11. The fourth-order valence-corrected chi connectivity index (χ4v) is 2.09. The Labute approximate surface area is 108 Å². The van der Waals surface area contributed by atoms with E-state index in [2.05, 4.69) is 10.6 Å². The largest absolute Gasteiger partial charge is 0.456 e. The minimum absolute atomic E-state index is 0. The molecule has 96 valence electrons. The summed E-state index contributed by atoms with van der Waals surface area (Å²) < 4.78 is 5.39. The van der Waals surface area contributed by atoms with E-state index in [1.165, 1.54) is 0 Å². The Morgan fingerprint density at radius 1 is 1.53 bits per heavy atom. The topological polar surface area (TPSA) is 54.3 Å². The monoisotopic (exact) mass is 258 g/mol. The van der Waals surface area contributed by atoms with Crippen LogP contribution >= 0.6 is 12.4 Å². The van der Waals surface area contributed by atoms with Crippen LogP contribution in [0.15, 0.2) is 10.5 Å². The Morgan fingerprint density at radius 3 is 2.82 bits per heavy atom. The van der Waals surface area contributed by atoms with Crippen LogP contribution in [0.2, 0.25) is 0 Å². The van der Waals surface area contributed by atoms with Gasteiger partial charge in [0.05, 0.1) is 0 Å². The maximum absolute atomic E-state index is 11.9. The number of halogens is 1. The van der Waals surface area contributed by atoms with Gasteiger partial charge in [0.25, 0.3) is 5.91 Å². The van der Waals surface area contributed by atoms with E-state index in [9.17, 15) is 4.79 Å². The quantitative estimate of drug-likeness (QED) is 0.851. The summed E-state index contributed by atoms with van der Waals surface area (Å²) in [5.74, 6) is 1.13. The molecule has 5 heteroatoms. The lowest BCUT2D eigenvalue weighted by Crippen LogP contribution is -2.45. The molecule has 0 aromatic carbocycles. The fourth-order valence-electron chi connectivity index (χ4n) is 2.09. The molecule has 1 unspecified atom stereocenters. The van der Waals surface area contributed by atoms with Crippen molar-refractivity contribution in [2.45, 2.75) is 32.7 Å². The van der Waals surface area contributed by atoms with Gasteiger partial charge in [-0.05, 0) is 39.3 Å². The van der Waals surface area contributed by atoms with E-state index < -0.39 is 0 Å². The lowest BCUT2D eigenvalue weighted by Gasteiger charge is -2.23. The molecule has 0 bridgehead atoms. The molecule has 1 atom stereocenters. The summed E-state index contributed by atoms with van der Waals surface area (Å²) in [5, 5.41) is 6.26. The molecular weight excluding hydrogens is 240 g/mol. The molecule has 1 aromatic rings. The van der Waals surface area contributed by atoms with Crippen LogP contribution in [0.5, 0.6) is 0 Å². The molecule has 1 aromatic heterocycles. The second kappa shape index (κ2) is 6.07. The average molecular weight is 259 g/mol. The molecule has 2 rings (SSSR count). The number of nitrogens with one attached hydrogen (secondary N) is 2. The second-order valence-corrected chi connectivity index (χ2v) is 4.39. The van der Waals surface area contributed by atoms with Gasteiger partial charge in [-0.3, -0.25) is 4.79 Å². The number of carbonyl (C=O) groups is 1. The highest BCUT2D eigenvalue weighted by molar-refractivity contribution is 5.93. The third kappa shape index (κ3) is 3.48. The first-order valence-corrected chi connectivity index (χ1v) is 5.75. The second-order valence-electron chi connectivity index (χ2n) is 4.39. The van der Waals surface area contributed by atoms with Gasteiger partial charge in [-0.2, -0.15) is 0 Å². The first-order valence-electron chi connectivity index (χ1n) is 5.75. The Balaban J connectivity index is 0.00000144. The van der Waals surface area contributed by atoms with E-state index in [-0.39, 0.29) is 24.4 Å². The van der Waals surface area contributed by atoms with Crippen LogP contribution in [0, 0.1) is 13.8 Å². The zero-order valence-electron chi connectivity index (χ0n) is 10.2. The normalized spacial score (nSPS) is 19.5. The molecule has 1 saturated heterocycles. The number of piperidine rings is 1. The third-order valence-corrected chi connectivity index (χ3v) is 2.88. The van der Waals surface area contributed by atoms with E-state index in [0.717, 1.165) is 37.3 Å². The van der Waals surface area contributed by atoms with Crippen molar-refractivity contribution in [2.75, 3.05) is 13.1 Å². The third-order valence-electron chi connectivity index (χ3n) is 2.88. The van der Waals surface area contributed by atoms with E-state index >= 15 is 0 Å². The predicted octanol–water partition coefficient (Wildman–Crippen LogP) is 1.80. The Morgan fingerprint density at radius 2 is 2.29 bits per heavy atom. The van der Waals surface area contributed by atoms with Crippen LogP contribution in [0.3, 0.4) is 0 Å². The molecule has 1 aliphatic rings. The SMILES string of the molecule is Cc1cc(C)c(C(=O)NC2CCCNC2)o1.Cl. The minimum Gasteiger partial charge on any atom is -0.456 e. The van der Waals surface area contributed by atoms with Crippen LogP contribution in [-0.4, -0.2) is 25.0 Å². The molecular formula is C12H19ClN2O2. The summed E-state index contributed by atoms with van der Waals surface area (Å²) >= 11 is 0. The molecule has 0 spiro atoms. The molecule has 17 heavy (non-hydrogen) atoms. The van der Waals surface area contributed by atoms with Crippen LogP contribution in [0.25, 0.3) is 0 Å². The molecule has 1 fully saturated rings. The summed E-state index contributed by atoms with van der Waals surface area (Å²) in [6.45, 7) is 5.65. The van der Waals surface area contributed by atoms with Gasteiger partial charge >= 0.3 is 0 Å². The lowest BCUT2D eigenvalue weighted by atomic mass is 10.1. The van der Waals surface area contributed by atoms with Gasteiger partial charge in [-0.25, -0.2) is 0 Å². The van der Waals surface area contributed by atoms with Gasteiger partial charge in [0.15, 0.2) is 5.76 Å². The molecule has 0 saturated carbocycles. The van der Waals surface area contributed by atoms with Crippen molar-refractivity contribution < 1.29 is 9.21 Å². The van der Waals surface area contributed by atoms with Crippen molar-refractivity contribution in [3.8, 4) is 0 Å². The summed E-state index contributed by atoms with van der Waals surface area (Å²) in [7, 11) is 0. The highest BCUT2D eigenvalue weighted by Crippen LogP contribution is 2.14. The van der Waals surface area contributed by atoms with E-state index in [1.54, 1.807) is 0 Å². The van der Waals surface area contributed by atoms with Crippen LogP contribution < -0.4 is 10.6 Å². The molecule has 1 aliphatic heterocycles. The van der Waals surface area contributed by atoms with Crippen molar-refractivity contribution in [2.24, 2.45) is 0 Å². The Hall–Kier alpha value is -1.00. The zero-order valence-corrected chi connectivity index (χ0v) is 11.0. The number of furan rings is 1. The molecule has 0 radical (unpaired) electrons. The summed E-state index contributed by atoms with van der Waals surface area (Å²) in [6.07, 6.45) is 2.15. The van der Waals surface area contributed by atoms with Gasteiger partial charge in [-0.1, -0.05) is 0 Å². The zero-order chi connectivity index (χ0) is 11.5. The summed E-state index contributed by atoms with van der Waals surface area (Å²) in [5.41, 5.74) is 0.902. The van der Waals surface area contributed by atoms with Gasteiger partial charge in [0.2, 0.25) is 0 Å². The molecule has 1 amide bonds. The van der Waals surface area contributed by atoms with Crippen molar-refractivity contribution >= 4 is 18.3 Å². The number of carbonyl (C=O) groups excluding carboxylic acids is 1. The number of rotatable bonds is 2. The number of hydrogen-bond donors (Lipinski definition) is 2. The molecule has 2 N–H and O–H groups in total. The van der Waals surface area contributed by atoms with Gasteiger partial charge in [-0.15, -0.1) is 12.4 Å². The maximum Gasteiger partial charge on any atom is 0.287 e. The van der Waals surface area contributed by atoms with E-state index in [0.29, 0.717) is 5.76 Å². The van der Waals surface area contributed by atoms with Crippen molar-refractivity contribution in [1.82, 2.24) is 10.6 Å². The van der Waals surface area contributed by atoms with Crippen molar-refractivity contribution in [1.29, 1.82) is 0 Å². The summed E-state index contributed by atoms with van der Waals surface area (Å²) in [4.78, 5) is 11.9. The number of aryl methyl sites for hydroxylation is 2. The van der Waals surface area contributed by atoms with Crippen molar-refractivity contribution in [3.05, 3.63) is 23.2 Å². The van der Waals surface area contributed by atoms with Gasteiger partial charge in [0.1, 0.15) is 5.76 Å². The van der Waals surface area contributed by atoms with Crippen LogP contribution in [0.1, 0.15) is 34.7 Å². The van der Waals surface area contributed by atoms with Gasteiger partial charge < -0.3 is 15.1 Å². The molecule has 4 nitrogen and oxygen atoms in total. The van der Waals surface area contributed by atoms with Crippen LogP contribution in [-0.2, 0) is 0 Å². The number of hydrogen-bond acceptors (Lipinski definition) is 3. The predicted molar refractivity (Wildman–Crippen MR) is 68.8 cm³/mol. The standard InChI is InChI=1S/C12H18N2O2.ClH/c1-8-6-9(2)16-11(8)12(15)14-10-4-3-5-13-7-10;/h6,10,13H,3-5,7H2,1-2H3,(H,14,15);1H. The van der Waals surface area contributed by atoms with E-state index in [4.69, 9.17) is 4.42 Å². The maximum atomic E-state index is 11.9. The van der Waals surface area contributed by atoms with E-state index in [1.807, 2.05) is 19.9 Å². The smallest absolute Gasteiger partial charge is 0.287 e. The van der Waals surface area contributed by atoms with Crippen molar-refractivity contribution in [3.63, 3.8) is 0 Å². The highest BCUT2D eigenvalue weighted by Gasteiger charge is 2.19. The first-order chi connectivity index (χ1) is 7.66. The number of amides is 1. The first kappa shape index (κ1) is 14.1. The average Bonchev–Trinajstić information content (AvgIpc) is 2.59. The Bertz CT molecular complexity index is 384.